The minimum absolute atomic E-state index is 0.0217. The predicted molar refractivity (Wildman–Crippen MR) is 75.3 cm³/mol. The molecule has 0 aromatic heterocycles. The van der Waals surface area contributed by atoms with E-state index in [1.165, 1.54) is 12.1 Å². The molecule has 0 N–H and O–H groups in total. The fraction of sp³-hybridized carbons (Fsp3) is 0.562. The average Bonchev–Trinajstić information content (AvgIpc) is 2.68. The van der Waals surface area contributed by atoms with Crippen molar-refractivity contribution in [3.8, 4) is 0 Å². The van der Waals surface area contributed by atoms with Crippen molar-refractivity contribution >= 4 is 6.09 Å². The second-order valence-corrected chi connectivity index (χ2v) is 6.60. The molecule has 0 bridgehead atoms. The summed E-state index contributed by atoms with van der Waals surface area (Å²) in [4.78, 5) is 13.9. The number of carbonyl (C=O) groups excluding carboxylic acids is 1. The minimum Gasteiger partial charge on any atom is -0.444 e. The van der Waals surface area contributed by atoms with Gasteiger partial charge >= 0.3 is 6.09 Å². The Morgan fingerprint density at radius 2 is 2.19 bits per heavy atom. The Kier molecular flexibility index (Phi) is 3.40. The third-order valence-electron chi connectivity index (χ3n) is 3.87. The van der Waals surface area contributed by atoms with Gasteiger partial charge in [0, 0.05) is 6.54 Å². The van der Waals surface area contributed by atoms with Crippen molar-refractivity contribution in [2.45, 2.75) is 51.5 Å². The number of hydrogen-bond donors (Lipinski definition) is 0. The lowest BCUT2D eigenvalue weighted by Crippen LogP contribution is -2.55. The first kappa shape index (κ1) is 14.3. The lowest BCUT2D eigenvalue weighted by molar-refractivity contribution is -0.0613. The molecular formula is C16H20FNO3. The molecule has 1 aromatic carbocycles. The van der Waals surface area contributed by atoms with Crippen molar-refractivity contribution in [1.82, 2.24) is 4.90 Å². The predicted octanol–water partition coefficient (Wildman–Crippen LogP) is 3.41. The fourth-order valence-corrected chi connectivity index (χ4v) is 2.83. The van der Waals surface area contributed by atoms with E-state index in [9.17, 15) is 9.18 Å². The van der Waals surface area contributed by atoms with E-state index in [2.05, 4.69) is 0 Å². The monoisotopic (exact) mass is 293 g/mol. The van der Waals surface area contributed by atoms with E-state index in [4.69, 9.17) is 9.47 Å². The molecule has 0 radical (unpaired) electrons. The third kappa shape index (κ3) is 2.75. The topological polar surface area (TPSA) is 38.8 Å². The van der Waals surface area contributed by atoms with Gasteiger partial charge in [0.2, 0.25) is 0 Å². The van der Waals surface area contributed by atoms with E-state index in [1.807, 2.05) is 20.8 Å². The number of fused-ring (bicyclic) bond motifs is 1. The molecule has 4 nitrogen and oxygen atoms in total. The van der Waals surface area contributed by atoms with E-state index in [0.29, 0.717) is 13.2 Å². The van der Waals surface area contributed by atoms with Crippen LogP contribution in [0.1, 0.15) is 44.4 Å². The summed E-state index contributed by atoms with van der Waals surface area (Å²) >= 11 is 0. The Hall–Kier alpha value is -1.62. The van der Waals surface area contributed by atoms with Crippen molar-refractivity contribution in [3.05, 3.63) is 35.1 Å². The molecule has 0 unspecified atom stereocenters. The summed E-state index contributed by atoms with van der Waals surface area (Å²) in [5.41, 5.74) is 1.35. The van der Waals surface area contributed by atoms with Crippen LogP contribution in [0.15, 0.2) is 18.2 Å². The van der Waals surface area contributed by atoms with Crippen LogP contribution < -0.4 is 0 Å². The molecule has 21 heavy (non-hydrogen) atoms. The Morgan fingerprint density at radius 3 is 2.81 bits per heavy atom. The quantitative estimate of drug-likeness (QED) is 0.796. The first-order valence-corrected chi connectivity index (χ1v) is 7.25. The molecule has 2 atom stereocenters. The summed E-state index contributed by atoms with van der Waals surface area (Å²) in [5.74, 6) is -0.254. The van der Waals surface area contributed by atoms with Crippen LogP contribution in [-0.4, -0.2) is 29.2 Å². The van der Waals surface area contributed by atoms with E-state index < -0.39 is 5.60 Å². The molecule has 1 amide bonds. The van der Waals surface area contributed by atoms with Crippen molar-refractivity contribution in [2.75, 3.05) is 6.54 Å². The highest BCUT2D eigenvalue weighted by molar-refractivity contribution is 5.69. The van der Waals surface area contributed by atoms with Crippen LogP contribution in [0.3, 0.4) is 0 Å². The minimum atomic E-state index is -0.505. The van der Waals surface area contributed by atoms with Gasteiger partial charge in [0.05, 0.1) is 12.6 Å². The second kappa shape index (κ2) is 4.98. The standard InChI is InChI=1S/C16H20FNO3/c1-16(2,3)21-15(19)18-7-6-13(18)14-12-5-4-11(17)8-10(12)9-20-14/h4-5,8,13-14H,6-7,9H2,1-3H3/t13-,14-/m0/s1. The number of ether oxygens (including phenoxy) is 2. The molecule has 0 saturated carbocycles. The number of benzene rings is 1. The van der Waals surface area contributed by atoms with Gasteiger partial charge in [-0.1, -0.05) is 6.07 Å². The number of hydrogen-bond acceptors (Lipinski definition) is 3. The van der Waals surface area contributed by atoms with Gasteiger partial charge in [-0.05, 0) is 50.5 Å². The van der Waals surface area contributed by atoms with E-state index in [0.717, 1.165) is 17.5 Å². The molecule has 2 aliphatic heterocycles. The van der Waals surface area contributed by atoms with Crippen LogP contribution in [0, 0.1) is 5.82 Å². The molecule has 1 fully saturated rings. The first-order valence-electron chi connectivity index (χ1n) is 7.25. The highest BCUT2D eigenvalue weighted by Crippen LogP contribution is 2.40. The van der Waals surface area contributed by atoms with Gasteiger partial charge in [0.15, 0.2) is 0 Å². The summed E-state index contributed by atoms with van der Waals surface area (Å²) in [7, 11) is 0. The number of carbonyl (C=O) groups is 1. The van der Waals surface area contributed by atoms with E-state index in [-0.39, 0.29) is 24.1 Å². The maximum Gasteiger partial charge on any atom is 0.410 e. The average molecular weight is 293 g/mol. The van der Waals surface area contributed by atoms with Gasteiger partial charge in [-0.3, -0.25) is 0 Å². The molecule has 2 heterocycles. The van der Waals surface area contributed by atoms with Crippen LogP contribution in [0.4, 0.5) is 9.18 Å². The SMILES string of the molecule is CC(C)(C)OC(=O)N1CC[C@H]1[C@H]1OCc2cc(F)ccc21. The highest BCUT2D eigenvalue weighted by atomic mass is 19.1. The van der Waals surface area contributed by atoms with Gasteiger partial charge in [-0.15, -0.1) is 0 Å². The van der Waals surface area contributed by atoms with Gasteiger partial charge in [0.1, 0.15) is 17.5 Å². The van der Waals surface area contributed by atoms with Crippen molar-refractivity contribution in [2.24, 2.45) is 0 Å². The maximum absolute atomic E-state index is 13.2. The maximum atomic E-state index is 13.2. The zero-order chi connectivity index (χ0) is 15.2. The lowest BCUT2D eigenvalue weighted by Gasteiger charge is -2.44. The molecule has 0 spiro atoms. The van der Waals surface area contributed by atoms with Gasteiger partial charge < -0.3 is 14.4 Å². The highest BCUT2D eigenvalue weighted by Gasteiger charge is 2.43. The number of rotatable bonds is 1. The number of amides is 1. The molecule has 3 rings (SSSR count). The van der Waals surface area contributed by atoms with Crippen molar-refractivity contribution in [3.63, 3.8) is 0 Å². The third-order valence-corrected chi connectivity index (χ3v) is 3.87. The Bertz CT molecular complexity index is 567. The van der Waals surface area contributed by atoms with Crippen molar-refractivity contribution in [1.29, 1.82) is 0 Å². The summed E-state index contributed by atoms with van der Waals surface area (Å²) in [5, 5.41) is 0. The molecule has 114 valence electrons. The zero-order valence-electron chi connectivity index (χ0n) is 12.6. The van der Waals surface area contributed by atoms with E-state index >= 15 is 0 Å². The Morgan fingerprint density at radius 1 is 1.43 bits per heavy atom. The van der Waals surface area contributed by atoms with Gasteiger partial charge in [-0.25, -0.2) is 9.18 Å². The molecule has 0 aliphatic carbocycles. The normalized spacial score (nSPS) is 24.5. The van der Waals surface area contributed by atoms with E-state index in [1.54, 1.807) is 11.0 Å². The largest absolute Gasteiger partial charge is 0.444 e. The Balaban J connectivity index is 1.73. The van der Waals surface area contributed by atoms with Crippen LogP contribution in [0.25, 0.3) is 0 Å². The summed E-state index contributed by atoms with van der Waals surface area (Å²) in [6, 6.07) is 4.68. The summed E-state index contributed by atoms with van der Waals surface area (Å²) in [6.07, 6.45) is 0.389. The summed E-state index contributed by atoms with van der Waals surface area (Å²) in [6.45, 7) is 6.63. The van der Waals surface area contributed by atoms with Gasteiger partial charge in [-0.2, -0.15) is 0 Å². The van der Waals surface area contributed by atoms with Crippen molar-refractivity contribution < 1.29 is 18.7 Å². The van der Waals surface area contributed by atoms with Crippen LogP contribution >= 0.6 is 0 Å². The van der Waals surface area contributed by atoms with Crippen LogP contribution in [0.2, 0.25) is 0 Å². The molecule has 1 saturated heterocycles. The Labute approximate surface area is 123 Å². The second-order valence-electron chi connectivity index (χ2n) is 6.60. The molecule has 5 heteroatoms. The molecule has 2 aliphatic rings. The number of halogens is 1. The zero-order valence-corrected chi connectivity index (χ0v) is 12.6. The number of nitrogens with zero attached hydrogens (tertiary/aromatic N) is 1. The number of likely N-dealkylation sites (tertiary alicyclic amines) is 1. The molecule has 1 aromatic rings. The smallest absolute Gasteiger partial charge is 0.410 e. The first-order chi connectivity index (χ1) is 9.85. The lowest BCUT2D eigenvalue weighted by atomic mass is 9.92. The van der Waals surface area contributed by atoms with Gasteiger partial charge in [0.25, 0.3) is 0 Å². The molecular weight excluding hydrogens is 273 g/mol. The summed E-state index contributed by atoms with van der Waals surface area (Å²) < 4.78 is 24.4. The van der Waals surface area contributed by atoms with Crippen LogP contribution in [-0.2, 0) is 16.1 Å². The fourth-order valence-electron chi connectivity index (χ4n) is 2.83. The van der Waals surface area contributed by atoms with Crippen LogP contribution in [0.5, 0.6) is 0 Å².